The molecule has 0 aliphatic heterocycles. The molecule has 0 unspecified atom stereocenters. The molecule has 0 atom stereocenters. The molecule has 2 heterocycles. The van der Waals surface area contributed by atoms with Crippen molar-refractivity contribution in [3.63, 3.8) is 0 Å². The monoisotopic (exact) mass is 449 g/mol. The van der Waals surface area contributed by atoms with Crippen LogP contribution in [0.4, 0.5) is 5.95 Å². The van der Waals surface area contributed by atoms with Gasteiger partial charge in [0.25, 0.3) is 0 Å². The Labute approximate surface area is 187 Å². The minimum atomic E-state index is -0.406. The summed E-state index contributed by atoms with van der Waals surface area (Å²) < 4.78 is 3.51. The molecule has 0 saturated carbocycles. The molecule has 2 N–H and O–H groups in total. The minimum Gasteiger partial charge on any atom is -0.369 e. The molecule has 0 spiro atoms. The molecule has 5 aromatic rings. The maximum Gasteiger partial charge on any atom is 0.300 e. The number of anilines is 1. The lowest BCUT2D eigenvalue weighted by Crippen LogP contribution is -2.20. The molecule has 0 bridgehead atoms. The summed E-state index contributed by atoms with van der Waals surface area (Å²) in [7, 11) is 0. The summed E-state index contributed by atoms with van der Waals surface area (Å²) in [6, 6.07) is 19.7. The van der Waals surface area contributed by atoms with Gasteiger partial charge < -0.3 is 10.3 Å². The van der Waals surface area contributed by atoms with Gasteiger partial charge in [0.15, 0.2) is 11.2 Å². The van der Waals surface area contributed by atoms with Crippen LogP contribution in [0.25, 0.3) is 21.9 Å². The Kier molecular flexibility index (Phi) is 4.88. The molecule has 0 saturated heterocycles. The summed E-state index contributed by atoms with van der Waals surface area (Å²) >= 11 is 12.2. The summed E-state index contributed by atoms with van der Waals surface area (Å²) in [5, 5.41) is 3.23. The van der Waals surface area contributed by atoms with Gasteiger partial charge in [-0.05, 0) is 40.1 Å². The largest absolute Gasteiger partial charge is 0.369 e. The van der Waals surface area contributed by atoms with E-state index in [9.17, 15) is 4.79 Å². The number of nitrogen functional groups attached to an aromatic ring is 1. The maximum absolute atomic E-state index is 12.7. The van der Waals surface area contributed by atoms with E-state index in [1.54, 1.807) is 27.6 Å². The molecule has 0 fully saturated rings. The summed E-state index contributed by atoms with van der Waals surface area (Å²) in [5.41, 5.74) is 8.48. The number of nitrogens with zero attached hydrogens (tertiary/aromatic N) is 4. The van der Waals surface area contributed by atoms with Crippen LogP contribution in [-0.2, 0) is 13.1 Å². The molecule has 0 aliphatic carbocycles. The fraction of sp³-hybridized carbons (Fsp3) is 0.0870. The summed E-state index contributed by atoms with van der Waals surface area (Å²) in [6.07, 6.45) is 1.65. The van der Waals surface area contributed by atoms with Crippen molar-refractivity contribution in [1.82, 2.24) is 19.1 Å². The average molecular weight is 450 g/mol. The molecule has 31 heavy (non-hydrogen) atoms. The second-order valence-electron chi connectivity index (χ2n) is 7.34. The Morgan fingerprint density at radius 3 is 2.42 bits per heavy atom. The van der Waals surface area contributed by atoms with E-state index < -0.39 is 5.56 Å². The predicted molar refractivity (Wildman–Crippen MR) is 125 cm³/mol. The van der Waals surface area contributed by atoms with E-state index in [4.69, 9.17) is 28.9 Å². The lowest BCUT2D eigenvalue weighted by molar-refractivity contribution is 0.797. The number of halogens is 2. The van der Waals surface area contributed by atoms with Gasteiger partial charge in [-0.1, -0.05) is 65.7 Å². The zero-order valence-corrected chi connectivity index (χ0v) is 17.8. The number of hydrogen-bond acceptors (Lipinski definition) is 4. The van der Waals surface area contributed by atoms with Gasteiger partial charge in [0, 0.05) is 6.54 Å². The van der Waals surface area contributed by atoms with E-state index in [1.165, 1.54) is 5.39 Å². The first kappa shape index (κ1) is 19.6. The quantitative estimate of drug-likeness (QED) is 0.429. The second-order valence-corrected chi connectivity index (χ2v) is 8.15. The van der Waals surface area contributed by atoms with Gasteiger partial charge in [0.2, 0.25) is 5.95 Å². The van der Waals surface area contributed by atoms with Crippen molar-refractivity contribution < 1.29 is 0 Å². The molecule has 0 amide bonds. The van der Waals surface area contributed by atoms with Gasteiger partial charge in [-0.3, -0.25) is 9.36 Å². The van der Waals surface area contributed by atoms with Crippen LogP contribution in [0.15, 0.2) is 71.8 Å². The van der Waals surface area contributed by atoms with Crippen LogP contribution in [-0.4, -0.2) is 19.1 Å². The van der Waals surface area contributed by atoms with E-state index in [0.717, 1.165) is 16.5 Å². The summed E-state index contributed by atoms with van der Waals surface area (Å²) in [5.74, 6) is 0.0968. The molecule has 6 nitrogen and oxygen atoms in total. The number of fused-ring (bicyclic) bond motifs is 2. The van der Waals surface area contributed by atoms with E-state index in [0.29, 0.717) is 34.3 Å². The molecule has 0 aliphatic rings. The predicted octanol–water partition coefficient (Wildman–Crippen LogP) is 4.73. The first-order valence-electron chi connectivity index (χ1n) is 9.62. The summed E-state index contributed by atoms with van der Waals surface area (Å²) in [4.78, 5) is 21.2. The Hall–Kier alpha value is -3.35. The number of aromatic nitrogens is 4. The molecular formula is C23H17Cl2N5O. The third-order valence-corrected chi connectivity index (χ3v) is 6.00. The van der Waals surface area contributed by atoms with Crippen LogP contribution in [0.2, 0.25) is 10.0 Å². The van der Waals surface area contributed by atoms with Crippen LogP contribution in [0, 0.1) is 0 Å². The molecule has 8 heteroatoms. The van der Waals surface area contributed by atoms with Crippen LogP contribution < -0.4 is 11.3 Å². The van der Waals surface area contributed by atoms with E-state index >= 15 is 0 Å². The molecule has 2 aromatic heterocycles. The van der Waals surface area contributed by atoms with E-state index in [2.05, 4.69) is 34.2 Å². The van der Waals surface area contributed by atoms with Crippen molar-refractivity contribution in [2.75, 3.05) is 5.73 Å². The standard InChI is InChI=1S/C23H17Cl2N5O/c24-18-8-6-15(10-19(18)25)12-30-21-20(22(31)28-23(30)26)29(13-27-21)11-14-5-7-16-3-1-2-4-17(16)9-14/h1-10,13H,11-12H2,(H2,26,28,31). The van der Waals surface area contributed by atoms with Gasteiger partial charge in [-0.15, -0.1) is 0 Å². The van der Waals surface area contributed by atoms with Crippen molar-refractivity contribution in [3.8, 4) is 0 Å². The molecular weight excluding hydrogens is 433 g/mol. The molecule has 3 aromatic carbocycles. The Morgan fingerprint density at radius 2 is 1.61 bits per heavy atom. The average Bonchev–Trinajstić information content (AvgIpc) is 3.17. The third kappa shape index (κ3) is 3.65. The highest BCUT2D eigenvalue weighted by atomic mass is 35.5. The fourth-order valence-electron chi connectivity index (χ4n) is 3.74. The minimum absolute atomic E-state index is 0.0968. The Morgan fingerprint density at radius 1 is 0.871 bits per heavy atom. The third-order valence-electron chi connectivity index (χ3n) is 5.26. The lowest BCUT2D eigenvalue weighted by Gasteiger charge is -2.12. The van der Waals surface area contributed by atoms with Crippen LogP contribution in [0.1, 0.15) is 11.1 Å². The van der Waals surface area contributed by atoms with Gasteiger partial charge in [0.1, 0.15) is 0 Å². The van der Waals surface area contributed by atoms with Crippen LogP contribution in [0.3, 0.4) is 0 Å². The topological polar surface area (TPSA) is 78.7 Å². The summed E-state index contributed by atoms with van der Waals surface area (Å²) in [6.45, 7) is 0.856. The Balaban J connectivity index is 1.56. The van der Waals surface area contributed by atoms with Crippen molar-refractivity contribution in [3.05, 3.63) is 98.5 Å². The maximum atomic E-state index is 12.7. The zero-order valence-electron chi connectivity index (χ0n) is 16.3. The van der Waals surface area contributed by atoms with Gasteiger partial charge >= 0.3 is 5.56 Å². The molecule has 154 valence electrons. The molecule has 5 rings (SSSR count). The van der Waals surface area contributed by atoms with Crippen molar-refractivity contribution in [2.45, 2.75) is 13.1 Å². The van der Waals surface area contributed by atoms with Gasteiger partial charge in [-0.25, -0.2) is 4.98 Å². The highest BCUT2D eigenvalue weighted by Crippen LogP contribution is 2.24. The van der Waals surface area contributed by atoms with E-state index in [-0.39, 0.29) is 5.95 Å². The highest BCUT2D eigenvalue weighted by molar-refractivity contribution is 6.42. The van der Waals surface area contributed by atoms with Crippen LogP contribution in [0.5, 0.6) is 0 Å². The number of nitrogens with two attached hydrogens (primary N) is 1. The number of rotatable bonds is 4. The van der Waals surface area contributed by atoms with Crippen molar-refractivity contribution in [2.24, 2.45) is 0 Å². The highest BCUT2D eigenvalue weighted by Gasteiger charge is 2.15. The first-order valence-corrected chi connectivity index (χ1v) is 10.4. The second kappa shape index (κ2) is 7.72. The number of imidazole rings is 1. The number of benzene rings is 3. The number of hydrogen-bond donors (Lipinski definition) is 1. The van der Waals surface area contributed by atoms with Gasteiger partial charge in [0.05, 0.1) is 22.9 Å². The normalized spacial score (nSPS) is 11.4. The van der Waals surface area contributed by atoms with Crippen molar-refractivity contribution >= 4 is 51.1 Å². The first-order chi connectivity index (χ1) is 15.0. The SMILES string of the molecule is Nc1nc(=O)c2c(ncn2Cc2ccc3ccccc3c2)n1Cc1ccc(Cl)c(Cl)c1. The van der Waals surface area contributed by atoms with Crippen molar-refractivity contribution in [1.29, 1.82) is 0 Å². The van der Waals surface area contributed by atoms with Gasteiger partial charge in [-0.2, -0.15) is 4.98 Å². The van der Waals surface area contributed by atoms with E-state index in [1.807, 2.05) is 24.3 Å². The zero-order chi connectivity index (χ0) is 21.5. The van der Waals surface area contributed by atoms with Crippen LogP contribution >= 0.6 is 23.2 Å². The Bertz CT molecular complexity index is 1510. The smallest absolute Gasteiger partial charge is 0.300 e. The molecule has 0 radical (unpaired) electrons. The fourth-order valence-corrected chi connectivity index (χ4v) is 4.06. The lowest BCUT2D eigenvalue weighted by atomic mass is 10.1.